The molecular formula is C24H31NO5. The maximum atomic E-state index is 11.2. The van der Waals surface area contributed by atoms with Gasteiger partial charge in [-0.3, -0.25) is 0 Å². The van der Waals surface area contributed by atoms with E-state index < -0.39 is 12.1 Å². The van der Waals surface area contributed by atoms with Crippen molar-refractivity contribution in [2.24, 2.45) is 0 Å². The van der Waals surface area contributed by atoms with Gasteiger partial charge in [-0.2, -0.15) is 0 Å². The summed E-state index contributed by atoms with van der Waals surface area (Å²) in [5, 5.41) is 9.22. The van der Waals surface area contributed by atoms with Crippen molar-refractivity contribution in [1.29, 1.82) is 0 Å². The van der Waals surface area contributed by atoms with Crippen LogP contribution in [0, 0.1) is 0 Å². The molecule has 3 rings (SSSR count). The standard InChI is InChI=1S/C24H31NO5/c1-2-28-22(24(26)27)16-18-12-13-25-23(17-18)30-15-14-29-21-10-8-20(9-11-21)19-6-4-3-5-7-19/h8-13,17,19,22H,2-7,14-16H2,1H3,(H,26,27). The van der Waals surface area contributed by atoms with Crippen molar-refractivity contribution in [1.82, 2.24) is 4.98 Å². The molecule has 6 nitrogen and oxygen atoms in total. The average Bonchev–Trinajstić information content (AvgIpc) is 2.78. The van der Waals surface area contributed by atoms with Crippen LogP contribution in [-0.2, 0) is 16.0 Å². The van der Waals surface area contributed by atoms with Gasteiger partial charge in [0.15, 0.2) is 6.10 Å². The summed E-state index contributed by atoms with van der Waals surface area (Å²) in [6.45, 7) is 2.89. The molecule has 1 aliphatic carbocycles. The minimum Gasteiger partial charge on any atom is -0.490 e. The van der Waals surface area contributed by atoms with Gasteiger partial charge in [0.2, 0.25) is 5.88 Å². The Hall–Kier alpha value is -2.60. The lowest BCUT2D eigenvalue weighted by Gasteiger charge is -2.22. The van der Waals surface area contributed by atoms with Gasteiger partial charge >= 0.3 is 5.97 Å². The van der Waals surface area contributed by atoms with Crippen molar-refractivity contribution in [3.05, 3.63) is 53.7 Å². The molecule has 162 valence electrons. The van der Waals surface area contributed by atoms with Crippen molar-refractivity contribution in [2.75, 3.05) is 19.8 Å². The van der Waals surface area contributed by atoms with E-state index in [0.717, 1.165) is 11.3 Å². The van der Waals surface area contributed by atoms with Crippen LogP contribution in [0.15, 0.2) is 42.6 Å². The Balaban J connectivity index is 1.43. The first kappa shape index (κ1) is 22.1. The Morgan fingerprint density at radius 1 is 1.10 bits per heavy atom. The van der Waals surface area contributed by atoms with Crippen LogP contribution >= 0.6 is 0 Å². The second-order valence-corrected chi connectivity index (χ2v) is 7.59. The number of benzene rings is 1. The van der Waals surface area contributed by atoms with E-state index in [1.807, 2.05) is 12.1 Å². The topological polar surface area (TPSA) is 77.9 Å². The molecule has 1 saturated carbocycles. The first-order chi connectivity index (χ1) is 14.7. The van der Waals surface area contributed by atoms with E-state index in [1.54, 1.807) is 25.3 Å². The van der Waals surface area contributed by atoms with Gasteiger partial charge < -0.3 is 19.3 Å². The summed E-state index contributed by atoms with van der Waals surface area (Å²) in [4.78, 5) is 15.4. The molecule has 0 aliphatic heterocycles. The molecule has 1 unspecified atom stereocenters. The van der Waals surface area contributed by atoms with E-state index >= 15 is 0 Å². The molecule has 1 fully saturated rings. The number of aromatic nitrogens is 1. The maximum Gasteiger partial charge on any atom is 0.333 e. The summed E-state index contributed by atoms with van der Waals surface area (Å²) in [5.41, 5.74) is 2.21. The number of nitrogens with zero attached hydrogens (tertiary/aromatic N) is 1. The molecule has 1 heterocycles. The maximum absolute atomic E-state index is 11.2. The van der Waals surface area contributed by atoms with Crippen LogP contribution in [0.5, 0.6) is 11.6 Å². The van der Waals surface area contributed by atoms with Crippen LogP contribution in [0.2, 0.25) is 0 Å². The normalized spacial score (nSPS) is 15.5. The lowest BCUT2D eigenvalue weighted by molar-refractivity contribution is -0.149. The van der Waals surface area contributed by atoms with E-state index in [0.29, 0.717) is 31.6 Å². The highest BCUT2D eigenvalue weighted by molar-refractivity contribution is 5.72. The minimum atomic E-state index is -0.973. The Morgan fingerprint density at radius 2 is 1.83 bits per heavy atom. The van der Waals surface area contributed by atoms with E-state index in [1.165, 1.54) is 37.7 Å². The SMILES string of the molecule is CCOC(Cc1ccnc(OCCOc2ccc(C3CCCCC3)cc2)c1)C(=O)O. The molecule has 2 aromatic rings. The Labute approximate surface area is 178 Å². The Kier molecular flexibility index (Phi) is 8.51. The van der Waals surface area contributed by atoms with Gasteiger partial charge in [0.25, 0.3) is 0 Å². The molecule has 6 heteroatoms. The average molecular weight is 414 g/mol. The summed E-state index contributed by atoms with van der Waals surface area (Å²) in [6.07, 6.45) is 7.62. The molecule has 0 saturated heterocycles. The summed E-state index contributed by atoms with van der Waals surface area (Å²) >= 11 is 0. The highest BCUT2D eigenvalue weighted by atomic mass is 16.5. The predicted octanol–water partition coefficient (Wildman–Crippen LogP) is 4.62. The van der Waals surface area contributed by atoms with Gasteiger partial charge in [-0.25, -0.2) is 9.78 Å². The van der Waals surface area contributed by atoms with Gasteiger partial charge in [0.05, 0.1) is 0 Å². The van der Waals surface area contributed by atoms with E-state index in [-0.39, 0.29) is 6.42 Å². The Morgan fingerprint density at radius 3 is 2.53 bits per heavy atom. The van der Waals surface area contributed by atoms with Crippen LogP contribution in [0.4, 0.5) is 0 Å². The zero-order valence-corrected chi connectivity index (χ0v) is 17.6. The van der Waals surface area contributed by atoms with Gasteiger partial charge in [-0.1, -0.05) is 31.4 Å². The van der Waals surface area contributed by atoms with Crippen LogP contribution in [0.25, 0.3) is 0 Å². The van der Waals surface area contributed by atoms with Gasteiger partial charge in [0.1, 0.15) is 19.0 Å². The number of hydrogen-bond acceptors (Lipinski definition) is 5. The number of aliphatic carboxylic acids is 1. The fourth-order valence-corrected chi connectivity index (χ4v) is 3.87. The van der Waals surface area contributed by atoms with Crippen molar-refractivity contribution in [2.45, 2.75) is 57.5 Å². The molecule has 1 atom stereocenters. The molecule has 1 aromatic heterocycles. The van der Waals surface area contributed by atoms with Gasteiger partial charge in [-0.05, 0) is 55.0 Å². The molecular weight excluding hydrogens is 382 g/mol. The zero-order valence-electron chi connectivity index (χ0n) is 17.6. The van der Waals surface area contributed by atoms with Crippen molar-refractivity contribution in [3.63, 3.8) is 0 Å². The molecule has 0 radical (unpaired) electrons. The smallest absolute Gasteiger partial charge is 0.333 e. The third kappa shape index (κ3) is 6.73. The van der Waals surface area contributed by atoms with Crippen molar-refractivity contribution < 1.29 is 24.1 Å². The second-order valence-electron chi connectivity index (χ2n) is 7.59. The first-order valence-electron chi connectivity index (χ1n) is 10.8. The highest BCUT2D eigenvalue weighted by Crippen LogP contribution is 2.33. The number of pyridine rings is 1. The number of carboxylic acids is 1. The highest BCUT2D eigenvalue weighted by Gasteiger charge is 2.18. The van der Waals surface area contributed by atoms with Crippen molar-refractivity contribution >= 4 is 5.97 Å². The monoisotopic (exact) mass is 413 g/mol. The lowest BCUT2D eigenvalue weighted by atomic mass is 9.84. The summed E-state index contributed by atoms with van der Waals surface area (Å²) in [6, 6.07) is 11.9. The third-order valence-electron chi connectivity index (χ3n) is 5.42. The lowest BCUT2D eigenvalue weighted by Crippen LogP contribution is -2.26. The van der Waals surface area contributed by atoms with Gasteiger partial charge in [-0.15, -0.1) is 0 Å². The minimum absolute atomic E-state index is 0.270. The molecule has 0 amide bonds. The second kappa shape index (κ2) is 11.6. The van der Waals surface area contributed by atoms with Crippen LogP contribution < -0.4 is 9.47 Å². The van der Waals surface area contributed by atoms with E-state index in [9.17, 15) is 9.90 Å². The molecule has 1 aromatic carbocycles. The molecule has 1 aliphatic rings. The number of hydrogen-bond donors (Lipinski definition) is 1. The largest absolute Gasteiger partial charge is 0.490 e. The number of ether oxygens (including phenoxy) is 3. The molecule has 30 heavy (non-hydrogen) atoms. The van der Waals surface area contributed by atoms with E-state index in [4.69, 9.17) is 14.2 Å². The van der Waals surface area contributed by atoms with Crippen molar-refractivity contribution in [3.8, 4) is 11.6 Å². The van der Waals surface area contributed by atoms with Crippen LogP contribution in [0.3, 0.4) is 0 Å². The Bertz CT molecular complexity index is 786. The van der Waals surface area contributed by atoms with Gasteiger partial charge in [0, 0.05) is 25.3 Å². The first-order valence-corrected chi connectivity index (χ1v) is 10.8. The van der Waals surface area contributed by atoms with Crippen LogP contribution in [-0.4, -0.2) is 42.0 Å². The number of carboxylic acid groups (broad SMARTS) is 1. The quantitative estimate of drug-likeness (QED) is 0.542. The summed E-state index contributed by atoms with van der Waals surface area (Å²) in [5.74, 6) is 1.00. The van der Waals surface area contributed by atoms with Crippen LogP contribution in [0.1, 0.15) is 56.1 Å². The van der Waals surface area contributed by atoms with E-state index in [2.05, 4.69) is 17.1 Å². The fraction of sp³-hybridized carbons (Fsp3) is 0.500. The molecule has 0 bridgehead atoms. The molecule has 1 N–H and O–H groups in total. The number of rotatable bonds is 11. The summed E-state index contributed by atoms with van der Waals surface area (Å²) in [7, 11) is 0. The zero-order chi connectivity index (χ0) is 21.2. The predicted molar refractivity (Wildman–Crippen MR) is 114 cm³/mol. The fourth-order valence-electron chi connectivity index (χ4n) is 3.87. The number of carbonyl (C=O) groups is 1. The third-order valence-corrected chi connectivity index (χ3v) is 5.42. The summed E-state index contributed by atoms with van der Waals surface area (Å²) < 4.78 is 16.7. The molecule has 0 spiro atoms.